The van der Waals surface area contributed by atoms with Gasteiger partial charge in [-0.15, -0.1) is 0 Å². The van der Waals surface area contributed by atoms with E-state index in [0.29, 0.717) is 21.7 Å². The van der Waals surface area contributed by atoms with Crippen LogP contribution in [0, 0.1) is 6.92 Å². The van der Waals surface area contributed by atoms with Gasteiger partial charge in [0.2, 0.25) is 0 Å². The van der Waals surface area contributed by atoms with Gasteiger partial charge in [-0.1, -0.05) is 34.8 Å². The molecular formula is C9H6Cl3N3. The fraction of sp³-hybridized carbons (Fsp3) is 0.111. The molecule has 0 aliphatic heterocycles. The summed E-state index contributed by atoms with van der Waals surface area (Å²) in [5.74, 6) is 0. The van der Waals surface area contributed by atoms with Crippen LogP contribution in [0.25, 0.3) is 11.0 Å². The second-order valence-corrected chi connectivity index (χ2v) is 4.19. The number of rotatable bonds is 0. The molecule has 78 valence electrons. The van der Waals surface area contributed by atoms with Crippen molar-refractivity contribution < 1.29 is 0 Å². The molecule has 1 aromatic carbocycles. The van der Waals surface area contributed by atoms with Gasteiger partial charge in [-0.3, -0.25) is 0 Å². The molecule has 0 fully saturated rings. The molecule has 0 aliphatic carbocycles. The van der Waals surface area contributed by atoms with Crippen molar-refractivity contribution in [3.63, 3.8) is 0 Å². The molecule has 3 nitrogen and oxygen atoms in total. The normalized spacial score (nSPS) is 10.9. The van der Waals surface area contributed by atoms with Crippen LogP contribution in [0.4, 0.5) is 5.69 Å². The minimum Gasteiger partial charge on any atom is -0.397 e. The van der Waals surface area contributed by atoms with E-state index >= 15 is 0 Å². The topological polar surface area (TPSA) is 51.8 Å². The first kappa shape index (κ1) is 10.7. The SMILES string of the molecule is Cc1c(Cl)cc2nc(Cl)c(Cl)nc2c1N. The molecule has 6 heteroatoms. The molecule has 0 amide bonds. The van der Waals surface area contributed by atoms with Crippen LogP contribution in [0.1, 0.15) is 5.56 Å². The largest absolute Gasteiger partial charge is 0.397 e. The summed E-state index contributed by atoms with van der Waals surface area (Å²) >= 11 is 17.5. The Balaban J connectivity index is 2.93. The number of nitrogens with zero attached hydrogens (tertiary/aromatic N) is 2. The van der Waals surface area contributed by atoms with Crippen molar-refractivity contribution in [2.75, 3.05) is 5.73 Å². The molecular weight excluding hydrogens is 256 g/mol. The highest BCUT2D eigenvalue weighted by atomic mass is 35.5. The molecule has 0 atom stereocenters. The van der Waals surface area contributed by atoms with E-state index in [0.717, 1.165) is 5.56 Å². The van der Waals surface area contributed by atoms with E-state index in [1.54, 1.807) is 13.0 Å². The third-order valence-electron chi connectivity index (χ3n) is 2.12. The minimum atomic E-state index is 0.137. The highest BCUT2D eigenvalue weighted by molar-refractivity contribution is 6.41. The lowest BCUT2D eigenvalue weighted by molar-refractivity contribution is 1.28. The van der Waals surface area contributed by atoms with Crippen LogP contribution < -0.4 is 5.73 Å². The summed E-state index contributed by atoms with van der Waals surface area (Å²) in [4.78, 5) is 8.11. The fourth-order valence-electron chi connectivity index (χ4n) is 1.24. The van der Waals surface area contributed by atoms with Crippen molar-refractivity contribution in [3.05, 3.63) is 27.0 Å². The Labute approximate surface area is 101 Å². The van der Waals surface area contributed by atoms with Crippen LogP contribution in [-0.4, -0.2) is 9.97 Å². The van der Waals surface area contributed by atoms with Gasteiger partial charge in [0.05, 0.1) is 11.2 Å². The third kappa shape index (κ3) is 1.71. The quantitative estimate of drug-likeness (QED) is 0.740. The van der Waals surface area contributed by atoms with Crippen molar-refractivity contribution in [2.45, 2.75) is 6.92 Å². The average molecular weight is 263 g/mol. The van der Waals surface area contributed by atoms with Crippen LogP contribution >= 0.6 is 34.8 Å². The summed E-state index contributed by atoms with van der Waals surface area (Å²) in [5.41, 5.74) is 8.14. The molecule has 0 radical (unpaired) electrons. The van der Waals surface area contributed by atoms with Gasteiger partial charge in [0.25, 0.3) is 0 Å². The van der Waals surface area contributed by atoms with Gasteiger partial charge in [-0.25, -0.2) is 9.97 Å². The number of nitrogen functional groups attached to an aromatic ring is 1. The van der Waals surface area contributed by atoms with Crippen molar-refractivity contribution >= 4 is 51.5 Å². The molecule has 1 aromatic heterocycles. The zero-order chi connectivity index (χ0) is 11.2. The molecule has 15 heavy (non-hydrogen) atoms. The highest BCUT2D eigenvalue weighted by Gasteiger charge is 2.11. The maximum atomic E-state index is 5.96. The Morgan fingerprint density at radius 1 is 1.13 bits per heavy atom. The first-order chi connectivity index (χ1) is 7.00. The summed E-state index contributed by atoms with van der Waals surface area (Å²) in [6.45, 7) is 1.81. The van der Waals surface area contributed by atoms with Crippen LogP contribution in [0.5, 0.6) is 0 Å². The smallest absolute Gasteiger partial charge is 0.167 e. The van der Waals surface area contributed by atoms with E-state index in [-0.39, 0.29) is 10.3 Å². The van der Waals surface area contributed by atoms with Crippen LogP contribution in [-0.2, 0) is 0 Å². The van der Waals surface area contributed by atoms with Crippen molar-refractivity contribution in [3.8, 4) is 0 Å². The van der Waals surface area contributed by atoms with Gasteiger partial charge < -0.3 is 5.73 Å². The lowest BCUT2D eigenvalue weighted by atomic mass is 10.1. The van der Waals surface area contributed by atoms with E-state index in [1.165, 1.54) is 0 Å². The van der Waals surface area contributed by atoms with Crippen LogP contribution in [0.3, 0.4) is 0 Å². The Morgan fingerprint density at radius 2 is 1.73 bits per heavy atom. The first-order valence-electron chi connectivity index (χ1n) is 4.08. The van der Waals surface area contributed by atoms with E-state index in [1.807, 2.05) is 0 Å². The molecule has 0 bridgehead atoms. The predicted octanol–water partition coefficient (Wildman–Crippen LogP) is 3.48. The second-order valence-electron chi connectivity index (χ2n) is 3.07. The van der Waals surface area contributed by atoms with E-state index in [4.69, 9.17) is 40.5 Å². The lowest BCUT2D eigenvalue weighted by Gasteiger charge is -2.07. The number of fused-ring (bicyclic) bond motifs is 1. The van der Waals surface area contributed by atoms with Gasteiger partial charge in [0, 0.05) is 5.02 Å². The molecule has 2 rings (SSSR count). The van der Waals surface area contributed by atoms with E-state index in [2.05, 4.69) is 9.97 Å². The maximum absolute atomic E-state index is 5.96. The summed E-state index contributed by atoms with van der Waals surface area (Å²) < 4.78 is 0. The zero-order valence-electron chi connectivity index (χ0n) is 7.68. The molecule has 2 aromatic rings. The van der Waals surface area contributed by atoms with Gasteiger partial charge >= 0.3 is 0 Å². The molecule has 0 saturated carbocycles. The highest BCUT2D eigenvalue weighted by Crippen LogP contribution is 2.31. The van der Waals surface area contributed by atoms with Gasteiger partial charge in [0.15, 0.2) is 10.3 Å². The standard InChI is InChI=1S/C9H6Cl3N3/c1-3-4(10)2-5-7(6(3)13)15-9(12)8(11)14-5/h2H,13H2,1H3. The van der Waals surface area contributed by atoms with Gasteiger partial charge in [-0.05, 0) is 18.6 Å². The number of halogens is 3. The predicted molar refractivity (Wildman–Crippen MR) is 63.7 cm³/mol. The lowest BCUT2D eigenvalue weighted by Crippen LogP contribution is -1.96. The first-order valence-corrected chi connectivity index (χ1v) is 5.21. The summed E-state index contributed by atoms with van der Waals surface area (Å²) in [5, 5.41) is 0.814. The van der Waals surface area contributed by atoms with Gasteiger partial charge in [-0.2, -0.15) is 0 Å². The average Bonchev–Trinajstić information content (AvgIpc) is 2.19. The Hall–Kier alpha value is -0.770. The third-order valence-corrected chi connectivity index (χ3v) is 3.14. The zero-order valence-corrected chi connectivity index (χ0v) is 9.95. The molecule has 0 spiro atoms. The molecule has 0 unspecified atom stereocenters. The number of nitrogens with two attached hydrogens (primary N) is 1. The molecule has 2 N–H and O–H groups in total. The number of aromatic nitrogens is 2. The van der Waals surface area contributed by atoms with E-state index < -0.39 is 0 Å². The van der Waals surface area contributed by atoms with E-state index in [9.17, 15) is 0 Å². The summed E-state index contributed by atoms with van der Waals surface area (Å²) in [6, 6.07) is 1.66. The fourth-order valence-corrected chi connectivity index (χ4v) is 1.71. The molecule has 1 heterocycles. The maximum Gasteiger partial charge on any atom is 0.167 e. The number of hydrogen-bond donors (Lipinski definition) is 1. The van der Waals surface area contributed by atoms with Gasteiger partial charge in [0.1, 0.15) is 5.52 Å². The van der Waals surface area contributed by atoms with Crippen molar-refractivity contribution in [1.29, 1.82) is 0 Å². The monoisotopic (exact) mass is 261 g/mol. The Bertz CT molecular complexity index is 549. The number of anilines is 1. The van der Waals surface area contributed by atoms with Crippen LogP contribution in [0.15, 0.2) is 6.07 Å². The van der Waals surface area contributed by atoms with Crippen LogP contribution in [0.2, 0.25) is 15.3 Å². The van der Waals surface area contributed by atoms with Crippen molar-refractivity contribution in [2.24, 2.45) is 0 Å². The summed E-state index contributed by atoms with van der Waals surface area (Å²) in [7, 11) is 0. The Morgan fingerprint density at radius 3 is 2.40 bits per heavy atom. The second kappa shape index (κ2) is 3.67. The number of benzene rings is 1. The summed E-state index contributed by atoms with van der Waals surface area (Å²) in [6.07, 6.45) is 0. The minimum absolute atomic E-state index is 0.137. The molecule has 0 saturated heterocycles. The Kier molecular flexibility index (Phi) is 2.63. The van der Waals surface area contributed by atoms with Crippen molar-refractivity contribution in [1.82, 2.24) is 9.97 Å². The number of hydrogen-bond acceptors (Lipinski definition) is 3. The molecule has 0 aliphatic rings.